The summed E-state index contributed by atoms with van der Waals surface area (Å²) < 4.78 is 0. The van der Waals surface area contributed by atoms with Crippen LogP contribution in [0.3, 0.4) is 0 Å². The maximum Gasteiger partial charge on any atom is 0.255 e. The first-order chi connectivity index (χ1) is 15.6. The number of rotatable bonds is 13. The zero-order valence-corrected chi connectivity index (χ0v) is 18.7. The molecule has 2 heterocycles. The Labute approximate surface area is 189 Å². The number of carbonyl (C=O) groups is 3. The van der Waals surface area contributed by atoms with Crippen molar-refractivity contribution in [3.05, 3.63) is 47.8 Å². The van der Waals surface area contributed by atoms with Crippen LogP contribution in [0.25, 0.3) is 0 Å². The molecule has 0 saturated heterocycles. The van der Waals surface area contributed by atoms with Crippen molar-refractivity contribution in [3.8, 4) is 0 Å². The normalized spacial score (nSPS) is 13.5. The fraction of sp³-hybridized carbons (Fsp3) is 0.500. The van der Waals surface area contributed by atoms with Crippen molar-refractivity contribution in [2.75, 3.05) is 24.5 Å². The number of ketones is 1. The molecule has 3 N–H and O–H groups in total. The molecule has 3 rings (SSSR count). The quantitative estimate of drug-likeness (QED) is 0.416. The lowest BCUT2D eigenvalue weighted by molar-refractivity contribution is -0.123. The lowest BCUT2D eigenvalue weighted by atomic mass is 10.0. The number of nitrogens with one attached hydrogen (secondary N) is 3. The van der Waals surface area contributed by atoms with Gasteiger partial charge < -0.3 is 15.5 Å². The van der Waals surface area contributed by atoms with Gasteiger partial charge in [-0.25, -0.2) is 0 Å². The first-order valence-corrected chi connectivity index (χ1v) is 11.5. The van der Waals surface area contributed by atoms with E-state index in [1.165, 1.54) is 23.6 Å². The zero-order valence-electron chi connectivity index (χ0n) is 18.7. The van der Waals surface area contributed by atoms with E-state index in [1.807, 2.05) is 13.0 Å². The Bertz CT molecular complexity index is 897. The van der Waals surface area contributed by atoms with Crippen LogP contribution in [0.1, 0.15) is 61.4 Å². The number of aromatic nitrogens is 2. The van der Waals surface area contributed by atoms with E-state index in [4.69, 9.17) is 0 Å². The predicted molar refractivity (Wildman–Crippen MR) is 124 cm³/mol. The van der Waals surface area contributed by atoms with Gasteiger partial charge in [0.15, 0.2) is 0 Å². The van der Waals surface area contributed by atoms with Crippen LogP contribution in [0.2, 0.25) is 0 Å². The maximum atomic E-state index is 12.9. The summed E-state index contributed by atoms with van der Waals surface area (Å²) in [6.45, 7) is 4.06. The van der Waals surface area contributed by atoms with Crippen molar-refractivity contribution in [1.29, 1.82) is 0 Å². The van der Waals surface area contributed by atoms with Gasteiger partial charge in [-0.1, -0.05) is 38.0 Å². The van der Waals surface area contributed by atoms with Crippen LogP contribution < -0.4 is 15.5 Å². The van der Waals surface area contributed by atoms with E-state index in [9.17, 15) is 14.4 Å². The molecule has 0 spiro atoms. The first kappa shape index (κ1) is 23.5. The van der Waals surface area contributed by atoms with Crippen molar-refractivity contribution < 1.29 is 14.4 Å². The van der Waals surface area contributed by atoms with Gasteiger partial charge in [0.25, 0.3) is 5.91 Å². The number of carbonyl (C=O) groups excluding carboxylic acids is 3. The van der Waals surface area contributed by atoms with E-state index in [0.29, 0.717) is 31.4 Å². The fourth-order valence-electron chi connectivity index (χ4n) is 3.99. The third-order valence-corrected chi connectivity index (χ3v) is 5.89. The molecule has 0 aliphatic carbocycles. The van der Waals surface area contributed by atoms with E-state index in [0.717, 1.165) is 38.8 Å². The van der Waals surface area contributed by atoms with Gasteiger partial charge >= 0.3 is 0 Å². The van der Waals surface area contributed by atoms with Gasteiger partial charge in [0.2, 0.25) is 5.91 Å². The Hall–Kier alpha value is -3.16. The number of aromatic amines is 1. The number of hydrogen-bond acceptors (Lipinski definition) is 5. The number of para-hydroxylation sites is 1. The average Bonchev–Trinajstić information content (AvgIpc) is 3.48. The van der Waals surface area contributed by atoms with Crippen LogP contribution >= 0.6 is 0 Å². The third kappa shape index (κ3) is 6.67. The number of hydrogen-bond donors (Lipinski definition) is 3. The molecular formula is C24H33N5O3. The monoisotopic (exact) mass is 439 g/mol. The molecule has 1 aliphatic rings. The summed E-state index contributed by atoms with van der Waals surface area (Å²) in [4.78, 5) is 39.1. The van der Waals surface area contributed by atoms with Gasteiger partial charge in [-0.05, 0) is 30.9 Å². The molecule has 1 atom stereocenters. The smallest absolute Gasteiger partial charge is 0.255 e. The second kappa shape index (κ2) is 12.0. The Morgan fingerprint density at radius 3 is 2.81 bits per heavy atom. The van der Waals surface area contributed by atoms with E-state index in [1.54, 1.807) is 0 Å². The van der Waals surface area contributed by atoms with Gasteiger partial charge in [-0.3, -0.25) is 19.5 Å². The van der Waals surface area contributed by atoms with Crippen molar-refractivity contribution in [3.63, 3.8) is 0 Å². The van der Waals surface area contributed by atoms with E-state index in [2.05, 4.69) is 43.9 Å². The van der Waals surface area contributed by atoms with Crippen LogP contribution in [0.5, 0.6) is 0 Å². The highest BCUT2D eigenvalue weighted by Gasteiger charge is 2.22. The third-order valence-electron chi connectivity index (χ3n) is 5.89. The summed E-state index contributed by atoms with van der Waals surface area (Å²) in [5, 5.41) is 12.2. The Balaban J connectivity index is 1.48. The van der Waals surface area contributed by atoms with E-state index < -0.39 is 6.04 Å². The van der Waals surface area contributed by atoms with Crippen molar-refractivity contribution in [2.45, 2.75) is 57.9 Å². The molecule has 8 heteroatoms. The number of unbranched alkanes of at least 4 members (excludes halogenated alkanes) is 2. The van der Waals surface area contributed by atoms with Crippen molar-refractivity contribution >= 4 is 23.3 Å². The molecular weight excluding hydrogens is 406 g/mol. The van der Waals surface area contributed by atoms with E-state index in [-0.39, 0.29) is 17.6 Å². The molecule has 32 heavy (non-hydrogen) atoms. The fourth-order valence-corrected chi connectivity index (χ4v) is 3.99. The largest absolute Gasteiger partial charge is 0.369 e. The van der Waals surface area contributed by atoms with Gasteiger partial charge in [0, 0.05) is 44.4 Å². The molecule has 2 amide bonds. The second-order valence-corrected chi connectivity index (χ2v) is 8.16. The molecule has 0 saturated carbocycles. The molecule has 0 bridgehead atoms. The highest BCUT2D eigenvalue weighted by Crippen LogP contribution is 2.26. The summed E-state index contributed by atoms with van der Waals surface area (Å²) in [6.07, 6.45) is 8.06. The summed E-state index contributed by atoms with van der Waals surface area (Å²) in [6, 6.07) is 7.72. The molecule has 1 aliphatic heterocycles. The Morgan fingerprint density at radius 2 is 2.03 bits per heavy atom. The topological polar surface area (TPSA) is 107 Å². The van der Waals surface area contributed by atoms with Gasteiger partial charge in [-0.15, -0.1) is 0 Å². The second-order valence-electron chi connectivity index (χ2n) is 8.16. The highest BCUT2D eigenvalue weighted by molar-refractivity contribution is 5.97. The minimum atomic E-state index is -0.620. The molecule has 1 aromatic carbocycles. The number of benzene rings is 1. The van der Waals surface area contributed by atoms with E-state index >= 15 is 0 Å². The predicted octanol–water partition coefficient (Wildman–Crippen LogP) is 2.62. The molecule has 0 fully saturated rings. The summed E-state index contributed by atoms with van der Waals surface area (Å²) >= 11 is 0. The first-order valence-electron chi connectivity index (χ1n) is 11.5. The SMILES string of the molecule is CCC(=O)CCCCCC(NC(=O)c1cn[nH]c1)C(=O)NCCN1CCc2ccccc21. The molecule has 1 aromatic heterocycles. The molecule has 172 valence electrons. The minimum Gasteiger partial charge on any atom is -0.369 e. The Morgan fingerprint density at radius 1 is 1.19 bits per heavy atom. The lowest BCUT2D eigenvalue weighted by Crippen LogP contribution is -2.48. The number of anilines is 1. The zero-order chi connectivity index (χ0) is 22.8. The number of fused-ring (bicyclic) bond motifs is 1. The standard InChI is InChI=1S/C24H33N5O3/c1-2-20(30)9-4-3-5-10-21(28-23(31)19-16-26-27-17-19)24(32)25-13-15-29-14-12-18-8-6-7-11-22(18)29/h6-8,11,16-17,21H,2-5,9-10,12-15H2,1H3,(H,25,32)(H,26,27)(H,28,31). The van der Waals surface area contributed by atoms with Gasteiger partial charge in [-0.2, -0.15) is 5.10 Å². The number of amides is 2. The van der Waals surface area contributed by atoms with Crippen LogP contribution in [0.15, 0.2) is 36.7 Å². The molecule has 8 nitrogen and oxygen atoms in total. The van der Waals surface area contributed by atoms with Crippen molar-refractivity contribution in [2.24, 2.45) is 0 Å². The Kier molecular flexibility index (Phi) is 8.83. The highest BCUT2D eigenvalue weighted by atomic mass is 16.2. The molecule has 0 radical (unpaired) electrons. The maximum absolute atomic E-state index is 12.9. The number of nitrogens with zero attached hydrogens (tertiary/aromatic N) is 2. The van der Waals surface area contributed by atoms with Crippen LogP contribution in [-0.4, -0.2) is 53.5 Å². The van der Waals surface area contributed by atoms with Crippen molar-refractivity contribution in [1.82, 2.24) is 20.8 Å². The lowest BCUT2D eigenvalue weighted by Gasteiger charge is -2.22. The van der Waals surface area contributed by atoms with Gasteiger partial charge in [0.05, 0.1) is 11.8 Å². The number of Topliss-reactive ketones (excluding diaryl/α,β-unsaturated/α-hetero) is 1. The number of H-pyrrole nitrogens is 1. The summed E-state index contributed by atoms with van der Waals surface area (Å²) in [5.74, 6) is -0.247. The van der Waals surface area contributed by atoms with Crippen LogP contribution in [0.4, 0.5) is 5.69 Å². The molecule has 2 aromatic rings. The summed E-state index contributed by atoms with van der Waals surface area (Å²) in [7, 11) is 0. The summed E-state index contributed by atoms with van der Waals surface area (Å²) in [5.41, 5.74) is 2.96. The minimum absolute atomic E-state index is 0.182. The van der Waals surface area contributed by atoms with Crippen LogP contribution in [-0.2, 0) is 16.0 Å². The van der Waals surface area contributed by atoms with Gasteiger partial charge in [0.1, 0.15) is 11.8 Å². The average molecular weight is 440 g/mol. The van der Waals surface area contributed by atoms with Crippen LogP contribution in [0, 0.1) is 0 Å². The molecule has 1 unspecified atom stereocenters.